The van der Waals surface area contributed by atoms with Crippen LogP contribution in [0.3, 0.4) is 0 Å². The van der Waals surface area contributed by atoms with Gasteiger partial charge in [0, 0.05) is 11.1 Å². The number of aliphatic hydroxyl groups excluding tert-OH is 4. The van der Waals surface area contributed by atoms with Gasteiger partial charge in [0.25, 0.3) is 17.9 Å². The molecule has 0 aliphatic heterocycles. The summed E-state index contributed by atoms with van der Waals surface area (Å²) in [7, 11) is 0. The fourth-order valence-corrected chi connectivity index (χ4v) is 4.31. The number of aldehydes is 2. The molecule has 0 fully saturated rings. The fourth-order valence-electron chi connectivity index (χ4n) is 4.31. The summed E-state index contributed by atoms with van der Waals surface area (Å²) in [5, 5.41) is 65.1. The van der Waals surface area contributed by atoms with Crippen molar-refractivity contribution in [1.29, 1.82) is 15.8 Å². The molecule has 16 heteroatoms. The average Bonchev–Trinajstić information content (AvgIpc) is 3.31. The predicted molar refractivity (Wildman–Crippen MR) is 220 cm³/mol. The Hall–Kier alpha value is -8.32. The Morgan fingerprint density at radius 1 is 0.508 bits per heavy atom. The summed E-state index contributed by atoms with van der Waals surface area (Å²) in [6.07, 6.45) is -0.314. The molecular weight excluding hydrogens is 785 g/mol. The van der Waals surface area contributed by atoms with Crippen LogP contribution in [-0.2, 0) is 0 Å². The van der Waals surface area contributed by atoms with Crippen molar-refractivity contribution in [3.05, 3.63) is 165 Å². The fraction of sp³-hybridized carbons (Fsp3) is 0.200. The maximum Gasteiger partial charge on any atom is 0.298 e. The van der Waals surface area contributed by atoms with Gasteiger partial charge in [0.05, 0.1) is 25.3 Å². The minimum absolute atomic E-state index is 0.0139. The number of benzene rings is 4. The van der Waals surface area contributed by atoms with Crippen molar-refractivity contribution in [3.8, 4) is 41.2 Å². The van der Waals surface area contributed by atoms with Gasteiger partial charge in [-0.25, -0.2) is 26.8 Å². The number of hydrogen-bond donors (Lipinski definition) is 4. The second-order valence-electron chi connectivity index (χ2n) is 12.0. The summed E-state index contributed by atoms with van der Waals surface area (Å²) in [5.41, 5.74) is 2.32. The van der Waals surface area contributed by atoms with Gasteiger partial charge in [0.2, 0.25) is 0 Å². The Labute approximate surface area is 352 Å². The Morgan fingerprint density at radius 2 is 0.770 bits per heavy atom. The van der Waals surface area contributed by atoms with Gasteiger partial charge in [0.15, 0.2) is 0 Å². The summed E-state index contributed by atoms with van der Waals surface area (Å²) >= 11 is 0. The lowest BCUT2D eigenvalue weighted by molar-refractivity contribution is -0.0288. The molecule has 4 N–H and O–H groups in total. The van der Waals surface area contributed by atoms with E-state index in [1.54, 1.807) is 115 Å². The van der Waals surface area contributed by atoms with Gasteiger partial charge in [0.1, 0.15) is 92.5 Å². The van der Waals surface area contributed by atoms with Crippen molar-refractivity contribution >= 4 is 24.7 Å². The van der Waals surface area contributed by atoms with Crippen molar-refractivity contribution in [1.82, 2.24) is 0 Å². The number of nitriles is 3. The van der Waals surface area contributed by atoms with Crippen molar-refractivity contribution in [2.24, 2.45) is 0 Å². The van der Waals surface area contributed by atoms with Crippen LogP contribution in [0.4, 0.5) is 0 Å². The van der Waals surface area contributed by atoms with E-state index in [0.717, 1.165) is 12.6 Å². The molecule has 0 radical (unpaired) electrons. The van der Waals surface area contributed by atoms with Gasteiger partial charge in [-0.1, -0.05) is 24.3 Å². The first kappa shape index (κ1) is 48.8. The second kappa shape index (κ2) is 28.1. The van der Waals surface area contributed by atoms with E-state index < -0.39 is 24.4 Å². The zero-order valence-electron chi connectivity index (χ0n) is 32.3. The number of ether oxygens (including phenoxy) is 4. The monoisotopic (exact) mass is 822 g/mol. The van der Waals surface area contributed by atoms with Gasteiger partial charge < -0.3 is 44.2 Å². The minimum Gasteiger partial charge on any atom is -0.491 e. The van der Waals surface area contributed by atoms with Gasteiger partial charge in [-0.15, -0.1) is 0 Å². The zero-order valence-corrected chi connectivity index (χ0v) is 32.3. The number of allylic oxidation sites excluding steroid dienone is 2. The highest BCUT2D eigenvalue weighted by molar-refractivity contribution is 5.75. The van der Waals surface area contributed by atoms with Gasteiger partial charge in [-0.05, 0) is 96.1 Å². The molecule has 16 nitrogen and oxygen atoms in total. The highest BCUT2D eigenvalue weighted by Crippen LogP contribution is 2.18. The molecule has 308 valence electrons. The van der Waals surface area contributed by atoms with Crippen LogP contribution in [0.1, 0.15) is 31.8 Å². The van der Waals surface area contributed by atoms with Crippen LogP contribution >= 0.6 is 0 Å². The number of nitrogens with zero attached hydrogens (tertiary/aromatic N) is 6. The highest BCUT2D eigenvalue weighted by Gasteiger charge is 2.19. The number of rotatable bonds is 18. The molecule has 0 aromatic heterocycles. The lowest BCUT2D eigenvalue weighted by Crippen LogP contribution is -2.36. The maximum atomic E-state index is 10.6. The quantitative estimate of drug-likeness (QED) is 0.0429. The predicted octanol–water partition coefficient (Wildman–Crippen LogP) is 5.35. The van der Waals surface area contributed by atoms with E-state index in [1.165, 1.54) is 12.2 Å². The van der Waals surface area contributed by atoms with Crippen LogP contribution in [0, 0.1) is 53.7 Å². The average molecular weight is 823 g/mol. The number of hydrogen-bond acceptors (Lipinski definition) is 13. The Bertz CT molecular complexity index is 2110. The molecule has 4 atom stereocenters. The largest absolute Gasteiger partial charge is 0.491 e. The van der Waals surface area contributed by atoms with Crippen LogP contribution < -0.4 is 18.9 Å². The molecule has 4 unspecified atom stereocenters. The van der Waals surface area contributed by atoms with Crippen molar-refractivity contribution < 1.29 is 49.0 Å². The van der Waals surface area contributed by atoms with E-state index in [9.17, 15) is 30.0 Å². The molecule has 0 amide bonds. The van der Waals surface area contributed by atoms with Crippen LogP contribution in [0.25, 0.3) is 26.7 Å². The molecule has 0 spiro atoms. The topological polar surface area (TPSA) is 236 Å². The van der Waals surface area contributed by atoms with E-state index in [1.807, 2.05) is 0 Å². The Kier molecular flexibility index (Phi) is 22.5. The summed E-state index contributed by atoms with van der Waals surface area (Å²) in [6, 6.07) is 31.2. The third-order valence-electron chi connectivity index (χ3n) is 7.59. The molecule has 4 aromatic carbocycles. The smallest absolute Gasteiger partial charge is 0.298 e. The maximum absolute atomic E-state index is 10.6. The SMILES string of the molecule is O=Cc1ccc(OCC(O)C(O)COc2ccc(C=O)cc2)cc1.[C-]#[N+]/C(C#N)=C\c1ccc(OCC(O)C(O)COc2ccc(/C=C(\C#N)[N+]#[C-])cc2)cc1.[C-]#[N+]CC#N. The summed E-state index contributed by atoms with van der Waals surface area (Å²) in [4.78, 5) is 30.0. The first-order valence-electron chi connectivity index (χ1n) is 17.8. The van der Waals surface area contributed by atoms with E-state index >= 15 is 0 Å². The molecular formula is C45H38N6O10. The van der Waals surface area contributed by atoms with Crippen LogP contribution in [-0.4, -0.2) is 90.4 Å². The number of aliphatic hydroxyl groups is 4. The third kappa shape index (κ3) is 19.1. The van der Waals surface area contributed by atoms with Crippen LogP contribution in [0.5, 0.6) is 23.0 Å². The van der Waals surface area contributed by atoms with E-state index in [-0.39, 0.29) is 44.4 Å². The lowest BCUT2D eigenvalue weighted by Gasteiger charge is -2.19. The Morgan fingerprint density at radius 3 is 0.951 bits per heavy atom. The molecule has 0 saturated heterocycles. The van der Waals surface area contributed by atoms with Gasteiger partial charge in [-0.3, -0.25) is 9.59 Å². The minimum atomic E-state index is -1.19. The molecule has 0 bridgehead atoms. The number of carbonyl (C=O) groups excluding carboxylic acids is 2. The second-order valence-corrected chi connectivity index (χ2v) is 12.0. The molecule has 0 aliphatic carbocycles. The van der Waals surface area contributed by atoms with Gasteiger partial charge in [-0.2, -0.15) is 5.26 Å². The first-order valence-corrected chi connectivity index (χ1v) is 17.8. The highest BCUT2D eigenvalue weighted by atomic mass is 16.5. The number of carbonyl (C=O) groups is 2. The van der Waals surface area contributed by atoms with Crippen LogP contribution in [0.2, 0.25) is 0 Å². The molecule has 0 saturated carbocycles. The normalized spacial score (nSPS) is 12.2. The molecule has 4 rings (SSSR count). The molecule has 0 aliphatic rings. The van der Waals surface area contributed by atoms with E-state index in [4.69, 9.17) is 54.4 Å². The van der Waals surface area contributed by atoms with Crippen LogP contribution in [0.15, 0.2) is 108 Å². The Balaban J connectivity index is 0.000000390. The van der Waals surface area contributed by atoms with Crippen molar-refractivity contribution in [3.63, 3.8) is 0 Å². The first-order chi connectivity index (χ1) is 29.5. The van der Waals surface area contributed by atoms with Crippen molar-refractivity contribution in [2.75, 3.05) is 33.0 Å². The third-order valence-corrected chi connectivity index (χ3v) is 7.59. The summed E-state index contributed by atoms with van der Waals surface area (Å²) < 4.78 is 21.6. The summed E-state index contributed by atoms with van der Waals surface area (Å²) in [6.45, 7) is 19.2. The van der Waals surface area contributed by atoms with E-state index in [0.29, 0.717) is 45.3 Å². The standard InChI is InChI=1S/C24H18N4O4.C18H18O6.C3H2N2/c1-27-19(13-25)11-17-3-7-21(8-4-17)31-15-23(29)24(30)16-32-22-9-5-18(6-10-22)12-20(14-26)28-2;19-9-13-1-5-15(6-2-13)23-11-17(21)18(22)12-24-16-7-3-14(10-20)4-8-16;1-5-3-2-4/h3-12,23-24,29-30H,15-16H2;1-10,17-18,21-22H,11-12H2;3H2/b19-11-,20-12+;;. The molecule has 4 aromatic rings. The van der Waals surface area contributed by atoms with Crippen molar-refractivity contribution in [2.45, 2.75) is 24.4 Å². The lowest BCUT2D eigenvalue weighted by atomic mass is 10.2. The zero-order chi connectivity index (χ0) is 44.8. The molecule has 0 heterocycles. The summed E-state index contributed by atoms with van der Waals surface area (Å²) in [5.74, 6) is 1.88. The van der Waals surface area contributed by atoms with E-state index in [2.05, 4.69) is 14.5 Å². The van der Waals surface area contributed by atoms with Gasteiger partial charge >= 0.3 is 0 Å². The molecule has 61 heavy (non-hydrogen) atoms.